The minimum Gasteiger partial charge on any atom is -0.348 e. The van der Waals surface area contributed by atoms with Crippen LogP contribution in [0.4, 0.5) is 0 Å². The summed E-state index contributed by atoms with van der Waals surface area (Å²) < 4.78 is 2.23. The number of rotatable bonds is 8. The highest BCUT2D eigenvalue weighted by molar-refractivity contribution is 5.95. The third-order valence-corrected chi connectivity index (χ3v) is 7.70. The van der Waals surface area contributed by atoms with Crippen molar-refractivity contribution < 1.29 is 4.79 Å². The highest BCUT2D eigenvalue weighted by Gasteiger charge is 2.16. The summed E-state index contributed by atoms with van der Waals surface area (Å²) in [6.07, 6.45) is 0. The molecule has 1 aliphatic heterocycles. The molecule has 1 aliphatic rings. The SMILES string of the molecule is CN1CCN(Cc2ccc(CNC(=O)c3cccc(-c4nc5ccccc5n4Cc4ccccc4)c3)cc2)CC1. The molecule has 0 unspecified atom stereocenters. The number of piperazine rings is 1. The molecule has 1 fully saturated rings. The fourth-order valence-electron chi connectivity index (χ4n) is 5.33. The number of hydrogen-bond donors (Lipinski definition) is 1. The molecule has 0 bridgehead atoms. The van der Waals surface area contributed by atoms with E-state index in [0.29, 0.717) is 18.7 Å². The van der Waals surface area contributed by atoms with Crippen LogP contribution in [0.1, 0.15) is 27.0 Å². The number of hydrogen-bond acceptors (Lipinski definition) is 4. The van der Waals surface area contributed by atoms with E-state index in [0.717, 1.165) is 60.7 Å². The number of nitrogens with one attached hydrogen (secondary N) is 1. The molecule has 0 atom stereocenters. The summed E-state index contributed by atoms with van der Waals surface area (Å²) in [6.45, 7) is 6.63. The minimum absolute atomic E-state index is 0.0888. The Kier molecular flexibility index (Phi) is 7.71. The van der Waals surface area contributed by atoms with Crippen LogP contribution in [-0.2, 0) is 19.6 Å². The van der Waals surface area contributed by atoms with Gasteiger partial charge in [0.05, 0.1) is 11.0 Å². The molecule has 0 aliphatic carbocycles. The number of imidazole rings is 1. The molecular formula is C34H35N5O. The third-order valence-electron chi connectivity index (χ3n) is 7.70. The van der Waals surface area contributed by atoms with Crippen LogP contribution in [0.15, 0.2) is 103 Å². The zero-order valence-electron chi connectivity index (χ0n) is 23.0. The molecule has 0 radical (unpaired) electrons. The van der Waals surface area contributed by atoms with Gasteiger partial charge in [-0.2, -0.15) is 0 Å². The smallest absolute Gasteiger partial charge is 0.251 e. The Morgan fingerprint density at radius 1 is 0.750 bits per heavy atom. The summed E-state index contributed by atoms with van der Waals surface area (Å²) >= 11 is 0. The maximum Gasteiger partial charge on any atom is 0.251 e. The summed E-state index contributed by atoms with van der Waals surface area (Å²) in [7, 11) is 2.18. The van der Waals surface area contributed by atoms with Crippen LogP contribution in [0.3, 0.4) is 0 Å². The van der Waals surface area contributed by atoms with Crippen molar-refractivity contribution in [3.8, 4) is 11.4 Å². The summed E-state index contributed by atoms with van der Waals surface area (Å²) in [5.41, 5.74) is 7.18. The van der Waals surface area contributed by atoms with E-state index >= 15 is 0 Å². The highest BCUT2D eigenvalue weighted by Crippen LogP contribution is 2.27. The first kappa shape index (κ1) is 26.0. The number of amides is 1. The van der Waals surface area contributed by atoms with Gasteiger partial charge in [0.1, 0.15) is 5.82 Å². The second kappa shape index (κ2) is 11.9. The van der Waals surface area contributed by atoms with Crippen molar-refractivity contribution in [2.45, 2.75) is 19.6 Å². The molecule has 5 aromatic rings. The van der Waals surface area contributed by atoms with E-state index in [2.05, 4.69) is 81.3 Å². The summed E-state index contributed by atoms with van der Waals surface area (Å²) in [4.78, 5) is 23.0. The average molecular weight is 530 g/mol. The molecule has 202 valence electrons. The molecule has 2 heterocycles. The van der Waals surface area contributed by atoms with E-state index in [-0.39, 0.29) is 5.91 Å². The molecule has 1 amide bonds. The van der Waals surface area contributed by atoms with Gasteiger partial charge in [0.2, 0.25) is 0 Å². The van der Waals surface area contributed by atoms with Gasteiger partial charge in [-0.1, -0.05) is 78.9 Å². The molecule has 6 nitrogen and oxygen atoms in total. The van der Waals surface area contributed by atoms with Crippen LogP contribution < -0.4 is 5.32 Å². The lowest BCUT2D eigenvalue weighted by Gasteiger charge is -2.32. The summed E-state index contributed by atoms with van der Waals surface area (Å²) in [5.74, 6) is 0.768. The van der Waals surface area contributed by atoms with Crippen LogP contribution in [0.25, 0.3) is 22.4 Å². The molecule has 1 saturated heterocycles. The Morgan fingerprint density at radius 3 is 2.25 bits per heavy atom. The lowest BCUT2D eigenvalue weighted by Crippen LogP contribution is -2.43. The Balaban J connectivity index is 1.15. The Morgan fingerprint density at radius 2 is 1.45 bits per heavy atom. The molecule has 0 saturated carbocycles. The number of aromatic nitrogens is 2. The van der Waals surface area contributed by atoms with Crippen molar-refractivity contribution in [3.63, 3.8) is 0 Å². The molecule has 4 aromatic carbocycles. The second-order valence-corrected chi connectivity index (χ2v) is 10.7. The fourth-order valence-corrected chi connectivity index (χ4v) is 5.33. The van der Waals surface area contributed by atoms with E-state index in [1.54, 1.807) is 0 Å². The van der Waals surface area contributed by atoms with Gasteiger partial charge in [0, 0.05) is 56.9 Å². The standard InChI is InChI=1S/C34H35N5O/c1-37-18-20-38(21-19-37)24-28-16-14-26(15-17-28)23-35-34(40)30-11-7-10-29(22-30)33-36-31-12-5-6-13-32(31)39(33)25-27-8-3-2-4-9-27/h2-17,22H,18-21,23-25H2,1H3,(H,35,40). The van der Waals surface area contributed by atoms with Gasteiger partial charge in [-0.25, -0.2) is 4.98 Å². The quantitative estimate of drug-likeness (QED) is 0.291. The second-order valence-electron chi connectivity index (χ2n) is 10.7. The Bertz CT molecular complexity index is 1580. The van der Waals surface area contributed by atoms with Crippen molar-refractivity contribution in [2.75, 3.05) is 33.2 Å². The topological polar surface area (TPSA) is 53.4 Å². The number of fused-ring (bicyclic) bond motifs is 1. The number of carbonyl (C=O) groups excluding carboxylic acids is 1. The largest absolute Gasteiger partial charge is 0.348 e. The van der Waals surface area contributed by atoms with Gasteiger partial charge in [0.25, 0.3) is 5.91 Å². The maximum atomic E-state index is 13.2. The summed E-state index contributed by atoms with van der Waals surface area (Å²) in [6, 6.07) is 34.9. The van der Waals surface area contributed by atoms with Crippen molar-refractivity contribution in [2.24, 2.45) is 0 Å². The van der Waals surface area contributed by atoms with Gasteiger partial charge in [-0.3, -0.25) is 9.69 Å². The predicted molar refractivity (Wildman–Crippen MR) is 161 cm³/mol. The van der Waals surface area contributed by atoms with Crippen molar-refractivity contribution in [1.29, 1.82) is 0 Å². The Hall–Kier alpha value is -4.26. The summed E-state index contributed by atoms with van der Waals surface area (Å²) in [5, 5.41) is 3.10. The van der Waals surface area contributed by atoms with E-state index in [1.165, 1.54) is 11.1 Å². The monoisotopic (exact) mass is 529 g/mol. The van der Waals surface area contributed by atoms with Crippen molar-refractivity contribution >= 4 is 16.9 Å². The van der Waals surface area contributed by atoms with Gasteiger partial charge in [0.15, 0.2) is 0 Å². The van der Waals surface area contributed by atoms with E-state index in [9.17, 15) is 4.79 Å². The fraction of sp³-hybridized carbons (Fsp3) is 0.235. The zero-order valence-corrected chi connectivity index (χ0v) is 23.0. The van der Waals surface area contributed by atoms with E-state index in [1.807, 2.05) is 48.5 Å². The molecule has 1 aromatic heterocycles. The van der Waals surface area contributed by atoms with Crippen LogP contribution in [0, 0.1) is 0 Å². The van der Waals surface area contributed by atoms with Crippen LogP contribution in [0.5, 0.6) is 0 Å². The molecular weight excluding hydrogens is 494 g/mol. The van der Waals surface area contributed by atoms with Gasteiger partial charge < -0.3 is 14.8 Å². The number of likely N-dealkylation sites (N-methyl/N-ethyl adjacent to an activating group) is 1. The van der Waals surface area contributed by atoms with Gasteiger partial charge in [-0.15, -0.1) is 0 Å². The highest BCUT2D eigenvalue weighted by atomic mass is 16.1. The maximum absolute atomic E-state index is 13.2. The number of nitrogens with zero attached hydrogens (tertiary/aromatic N) is 4. The van der Waals surface area contributed by atoms with Crippen molar-refractivity contribution in [3.05, 3.63) is 125 Å². The first-order valence-electron chi connectivity index (χ1n) is 14.0. The molecule has 6 heteroatoms. The van der Waals surface area contributed by atoms with Crippen molar-refractivity contribution in [1.82, 2.24) is 24.7 Å². The third kappa shape index (κ3) is 5.98. The minimum atomic E-state index is -0.0888. The van der Waals surface area contributed by atoms with E-state index in [4.69, 9.17) is 4.98 Å². The van der Waals surface area contributed by atoms with Gasteiger partial charge in [-0.05, 0) is 48.0 Å². The Labute approximate surface area is 235 Å². The number of benzene rings is 4. The zero-order chi connectivity index (χ0) is 27.3. The number of carbonyl (C=O) groups is 1. The lowest BCUT2D eigenvalue weighted by molar-refractivity contribution is 0.0951. The molecule has 0 spiro atoms. The normalized spacial score (nSPS) is 14.4. The predicted octanol–water partition coefficient (Wildman–Crippen LogP) is 5.43. The van der Waals surface area contributed by atoms with Crippen LogP contribution in [-0.4, -0.2) is 58.5 Å². The molecule has 1 N–H and O–H groups in total. The van der Waals surface area contributed by atoms with Crippen LogP contribution >= 0.6 is 0 Å². The number of para-hydroxylation sites is 2. The molecule has 40 heavy (non-hydrogen) atoms. The van der Waals surface area contributed by atoms with E-state index < -0.39 is 0 Å². The lowest BCUT2D eigenvalue weighted by atomic mass is 10.1. The first-order valence-corrected chi connectivity index (χ1v) is 14.0. The van der Waals surface area contributed by atoms with Crippen LogP contribution in [0.2, 0.25) is 0 Å². The van der Waals surface area contributed by atoms with Gasteiger partial charge >= 0.3 is 0 Å². The first-order chi connectivity index (χ1) is 19.6. The molecule has 6 rings (SSSR count). The average Bonchev–Trinajstić information content (AvgIpc) is 3.36.